The third kappa shape index (κ3) is 1.87. The van der Waals surface area contributed by atoms with Gasteiger partial charge in [-0.2, -0.15) is 0 Å². The van der Waals surface area contributed by atoms with Crippen LogP contribution in [0.15, 0.2) is 0 Å². The molecule has 2 fully saturated rings. The Labute approximate surface area is 86.4 Å². The second-order valence-corrected chi connectivity index (χ2v) is 4.94. The normalized spacial score (nSPS) is 28.4. The Morgan fingerprint density at radius 1 is 1.00 bits per heavy atom. The smallest absolute Gasteiger partial charge is 0.0351 e. The summed E-state index contributed by atoms with van der Waals surface area (Å²) in [5.74, 6) is 0.807. The van der Waals surface area contributed by atoms with E-state index < -0.39 is 0 Å². The van der Waals surface area contributed by atoms with Crippen LogP contribution in [-0.2, 0) is 0 Å². The highest BCUT2D eigenvalue weighted by Gasteiger charge is 2.40. The van der Waals surface area contributed by atoms with E-state index in [1.807, 2.05) is 0 Å². The Bertz CT molecular complexity index is 163. The lowest BCUT2D eigenvalue weighted by molar-refractivity contribution is 0.0994. The molecule has 0 aromatic heterocycles. The highest BCUT2D eigenvalue weighted by atomic mass is 35.5. The summed E-state index contributed by atoms with van der Waals surface area (Å²) in [7, 11) is 0. The molecule has 0 atom stereocenters. The van der Waals surface area contributed by atoms with E-state index in [-0.39, 0.29) is 0 Å². The van der Waals surface area contributed by atoms with Crippen molar-refractivity contribution in [2.75, 3.05) is 19.0 Å². The number of likely N-dealkylation sites (tertiary alicyclic amines) is 1. The minimum Gasteiger partial charge on any atom is -0.296 e. The van der Waals surface area contributed by atoms with Gasteiger partial charge in [0.15, 0.2) is 0 Å². The zero-order chi connectivity index (χ0) is 9.15. The van der Waals surface area contributed by atoms with Gasteiger partial charge in [-0.3, -0.25) is 4.90 Å². The summed E-state index contributed by atoms with van der Waals surface area (Å²) in [4.78, 5) is 2.67. The zero-order valence-corrected chi connectivity index (χ0v) is 9.15. The Hall–Kier alpha value is 0.250. The van der Waals surface area contributed by atoms with Crippen LogP contribution in [0.3, 0.4) is 0 Å². The van der Waals surface area contributed by atoms with Crippen LogP contribution < -0.4 is 0 Å². The lowest BCUT2D eigenvalue weighted by atomic mass is 9.80. The van der Waals surface area contributed by atoms with Crippen molar-refractivity contribution in [1.82, 2.24) is 4.90 Å². The molecule has 1 aliphatic heterocycles. The molecule has 0 aromatic carbocycles. The van der Waals surface area contributed by atoms with Crippen molar-refractivity contribution in [3.63, 3.8) is 0 Å². The molecule has 2 rings (SSSR count). The van der Waals surface area contributed by atoms with Crippen LogP contribution in [0.1, 0.15) is 44.9 Å². The third-order valence-electron chi connectivity index (χ3n) is 3.88. The largest absolute Gasteiger partial charge is 0.296 e. The van der Waals surface area contributed by atoms with Crippen molar-refractivity contribution in [3.05, 3.63) is 0 Å². The fourth-order valence-corrected chi connectivity index (χ4v) is 3.43. The van der Waals surface area contributed by atoms with E-state index in [1.165, 1.54) is 51.5 Å². The van der Waals surface area contributed by atoms with Crippen LogP contribution in [0.4, 0.5) is 0 Å². The number of halogens is 1. The van der Waals surface area contributed by atoms with Gasteiger partial charge in [-0.1, -0.05) is 19.3 Å². The van der Waals surface area contributed by atoms with E-state index in [4.69, 9.17) is 11.6 Å². The molecule has 1 saturated carbocycles. The number of nitrogens with zero attached hydrogens (tertiary/aromatic N) is 1. The van der Waals surface area contributed by atoms with Crippen molar-refractivity contribution in [3.8, 4) is 0 Å². The van der Waals surface area contributed by atoms with Crippen molar-refractivity contribution in [2.45, 2.75) is 50.5 Å². The molecule has 0 N–H and O–H groups in total. The third-order valence-corrected chi connectivity index (χ3v) is 4.05. The monoisotopic (exact) mass is 201 g/mol. The highest BCUT2D eigenvalue weighted by molar-refractivity contribution is 6.18. The van der Waals surface area contributed by atoms with Crippen molar-refractivity contribution in [1.29, 1.82) is 0 Å². The van der Waals surface area contributed by atoms with Crippen LogP contribution in [0.5, 0.6) is 0 Å². The van der Waals surface area contributed by atoms with Crippen molar-refractivity contribution in [2.24, 2.45) is 0 Å². The molecule has 0 aromatic rings. The molecule has 1 heterocycles. The molecule has 13 heavy (non-hydrogen) atoms. The van der Waals surface area contributed by atoms with Gasteiger partial charge in [0.05, 0.1) is 0 Å². The first-order chi connectivity index (χ1) is 6.37. The molecule has 76 valence electrons. The van der Waals surface area contributed by atoms with Gasteiger partial charge in [-0.05, 0) is 32.2 Å². The molecule has 1 aliphatic carbocycles. The van der Waals surface area contributed by atoms with Gasteiger partial charge in [0, 0.05) is 18.0 Å². The van der Waals surface area contributed by atoms with Gasteiger partial charge in [0.1, 0.15) is 0 Å². The van der Waals surface area contributed by atoms with Crippen LogP contribution in [0.2, 0.25) is 0 Å². The van der Waals surface area contributed by atoms with Crippen molar-refractivity contribution < 1.29 is 0 Å². The van der Waals surface area contributed by atoms with E-state index in [2.05, 4.69) is 4.90 Å². The Kier molecular flexibility index (Phi) is 3.15. The lowest BCUT2D eigenvalue weighted by Gasteiger charge is -2.41. The molecule has 1 saturated heterocycles. The first kappa shape index (κ1) is 9.79. The van der Waals surface area contributed by atoms with E-state index in [1.54, 1.807) is 0 Å². The van der Waals surface area contributed by atoms with Gasteiger partial charge >= 0.3 is 0 Å². The molecule has 0 radical (unpaired) electrons. The van der Waals surface area contributed by atoms with Crippen LogP contribution >= 0.6 is 11.6 Å². The number of rotatable bonds is 2. The average Bonchev–Trinajstić information content (AvgIpc) is 2.52. The first-order valence-corrected chi connectivity index (χ1v) is 6.22. The Balaban J connectivity index is 2.00. The fraction of sp³-hybridized carbons (Fsp3) is 1.00. The highest BCUT2D eigenvalue weighted by Crippen LogP contribution is 2.41. The summed E-state index contributed by atoms with van der Waals surface area (Å²) in [6, 6.07) is 0. The summed E-state index contributed by atoms with van der Waals surface area (Å²) in [5, 5.41) is 0. The van der Waals surface area contributed by atoms with Gasteiger partial charge in [-0.15, -0.1) is 11.6 Å². The van der Waals surface area contributed by atoms with E-state index in [0.29, 0.717) is 5.54 Å². The topological polar surface area (TPSA) is 3.24 Å². The fourth-order valence-electron chi connectivity index (χ4n) is 3.22. The molecule has 1 spiro atoms. The van der Waals surface area contributed by atoms with Gasteiger partial charge < -0.3 is 0 Å². The Morgan fingerprint density at radius 3 is 2.38 bits per heavy atom. The van der Waals surface area contributed by atoms with Crippen LogP contribution in [0.25, 0.3) is 0 Å². The zero-order valence-electron chi connectivity index (χ0n) is 8.40. The van der Waals surface area contributed by atoms with Crippen LogP contribution in [0, 0.1) is 0 Å². The van der Waals surface area contributed by atoms with Gasteiger partial charge in [-0.25, -0.2) is 0 Å². The molecule has 0 bridgehead atoms. The molecule has 0 amide bonds. The summed E-state index contributed by atoms with van der Waals surface area (Å²) in [6.07, 6.45) is 10.0. The van der Waals surface area contributed by atoms with Crippen molar-refractivity contribution >= 4 is 11.6 Å². The predicted molar refractivity (Wildman–Crippen MR) is 57.3 cm³/mol. The molecule has 2 aliphatic rings. The van der Waals surface area contributed by atoms with Gasteiger partial charge in [0.2, 0.25) is 0 Å². The van der Waals surface area contributed by atoms with Crippen LogP contribution in [-0.4, -0.2) is 29.4 Å². The minimum absolute atomic E-state index is 0.590. The first-order valence-electron chi connectivity index (χ1n) is 5.68. The maximum atomic E-state index is 5.84. The summed E-state index contributed by atoms with van der Waals surface area (Å²) in [6.45, 7) is 2.41. The Morgan fingerprint density at radius 2 is 1.69 bits per heavy atom. The molecule has 2 heteroatoms. The van der Waals surface area contributed by atoms with E-state index in [9.17, 15) is 0 Å². The minimum atomic E-state index is 0.590. The summed E-state index contributed by atoms with van der Waals surface area (Å²) < 4.78 is 0. The lowest BCUT2D eigenvalue weighted by Crippen LogP contribution is -2.46. The predicted octanol–water partition coefficient (Wildman–Crippen LogP) is 3.02. The number of hydrogen-bond acceptors (Lipinski definition) is 1. The maximum Gasteiger partial charge on any atom is 0.0351 e. The van der Waals surface area contributed by atoms with E-state index >= 15 is 0 Å². The van der Waals surface area contributed by atoms with Gasteiger partial charge in [0.25, 0.3) is 0 Å². The molecule has 0 unspecified atom stereocenters. The second kappa shape index (κ2) is 4.18. The molecular formula is C11H20ClN. The number of alkyl halides is 1. The summed E-state index contributed by atoms with van der Waals surface area (Å²) >= 11 is 5.84. The standard InChI is InChI=1S/C11H20ClN/c12-8-10-13-9-4-7-11(13)5-2-1-3-6-11/h1-10H2. The van der Waals surface area contributed by atoms with E-state index in [0.717, 1.165) is 12.4 Å². The quantitative estimate of drug-likeness (QED) is 0.621. The summed E-state index contributed by atoms with van der Waals surface area (Å²) in [5.41, 5.74) is 0.590. The SMILES string of the molecule is ClCCN1CCCC12CCCCC2. The maximum absolute atomic E-state index is 5.84. The molecule has 1 nitrogen and oxygen atoms in total. The molecular weight excluding hydrogens is 182 g/mol. The average molecular weight is 202 g/mol. The second-order valence-electron chi connectivity index (χ2n) is 4.56. The number of hydrogen-bond donors (Lipinski definition) is 0.